The summed E-state index contributed by atoms with van der Waals surface area (Å²) < 4.78 is 28.2. The summed E-state index contributed by atoms with van der Waals surface area (Å²) in [5.74, 6) is 0.190. The monoisotopic (exact) mass is 462 g/mol. The molecule has 10 nitrogen and oxygen atoms in total. The van der Waals surface area contributed by atoms with Gasteiger partial charge in [-0.25, -0.2) is 0 Å². The van der Waals surface area contributed by atoms with Gasteiger partial charge < -0.3 is 44.1 Å². The van der Waals surface area contributed by atoms with E-state index in [0.29, 0.717) is 0 Å². The van der Waals surface area contributed by atoms with Crippen LogP contribution in [0.5, 0.6) is 23.0 Å². The van der Waals surface area contributed by atoms with Gasteiger partial charge in [0.25, 0.3) is 0 Å². The number of Topliss-reactive ketones (excluding diaryl/α,β-unsaturated/α-hetero) is 1. The second-order valence-electron chi connectivity index (χ2n) is 7.77. The van der Waals surface area contributed by atoms with Crippen LogP contribution in [0.4, 0.5) is 0 Å². The van der Waals surface area contributed by atoms with Crippen molar-refractivity contribution in [1.82, 2.24) is 0 Å². The van der Waals surface area contributed by atoms with E-state index in [1.165, 1.54) is 20.3 Å². The highest BCUT2D eigenvalue weighted by molar-refractivity contribution is 6.04. The molecular formula is C23H26O10. The maximum absolute atomic E-state index is 13.2. The van der Waals surface area contributed by atoms with E-state index < -0.39 is 43.4 Å². The van der Waals surface area contributed by atoms with Gasteiger partial charge in [-0.1, -0.05) is 30.3 Å². The summed E-state index contributed by atoms with van der Waals surface area (Å²) in [5, 5.41) is 39.9. The zero-order chi connectivity index (χ0) is 23.7. The number of ether oxygens (including phenoxy) is 5. The Morgan fingerprint density at radius 3 is 2.36 bits per heavy atom. The summed E-state index contributed by atoms with van der Waals surface area (Å²) >= 11 is 0. The summed E-state index contributed by atoms with van der Waals surface area (Å²) in [4.78, 5) is 13.2. The predicted molar refractivity (Wildman–Crippen MR) is 113 cm³/mol. The number of ketones is 1. The standard InChI is InChI=1S/C23H26O10/c1-29-15-9-14(32-23-20(28)19(27)18(26)16(10-24)33-23)17-12(25)8-13(11-6-4-3-5-7-11)31-22(17)21(15)30-2/h3-7,9,13,16,18-20,23-24,26-28H,8,10H2,1-2H3/t13-,16-,18-,19+,20-,23-/m1/s1. The largest absolute Gasteiger partial charge is 0.493 e. The van der Waals surface area contributed by atoms with Crippen LogP contribution in [0.15, 0.2) is 36.4 Å². The molecule has 0 amide bonds. The van der Waals surface area contributed by atoms with E-state index in [9.17, 15) is 25.2 Å². The van der Waals surface area contributed by atoms with Crippen molar-refractivity contribution in [2.75, 3.05) is 20.8 Å². The number of fused-ring (bicyclic) bond motifs is 1. The summed E-state index contributed by atoms with van der Waals surface area (Å²) in [6, 6.07) is 10.6. The highest BCUT2D eigenvalue weighted by atomic mass is 16.7. The van der Waals surface area contributed by atoms with Crippen LogP contribution < -0.4 is 18.9 Å². The number of benzene rings is 2. The van der Waals surface area contributed by atoms with Crippen molar-refractivity contribution in [3.05, 3.63) is 47.5 Å². The zero-order valence-corrected chi connectivity index (χ0v) is 18.1. The van der Waals surface area contributed by atoms with Crippen LogP contribution in [0.2, 0.25) is 0 Å². The molecular weight excluding hydrogens is 436 g/mol. The third-order valence-electron chi connectivity index (χ3n) is 5.76. The average Bonchev–Trinajstić information content (AvgIpc) is 2.84. The molecule has 2 aliphatic rings. The molecule has 6 atom stereocenters. The second-order valence-corrected chi connectivity index (χ2v) is 7.77. The van der Waals surface area contributed by atoms with E-state index in [0.717, 1.165) is 5.56 Å². The van der Waals surface area contributed by atoms with E-state index in [4.69, 9.17) is 23.7 Å². The van der Waals surface area contributed by atoms with Crippen molar-refractivity contribution in [1.29, 1.82) is 0 Å². The number of aliphatic hydroxyl groups excluding tert-OH is 4. The van der Waals surface area contributed by atoms with Crippen LogP contribution >= 0.6 is 0 Å². The predicted octanol–water partition coefficient (Wildman–Crippen LogP) is 0.589. The van der Waals surface area contributed by atoms with Crippen molar-refractivity contribution in [2.45, 2.75) is 43.2 Å². The molecule has 0 spiro atoms. The van der Waals surface area contributed by atoms with Crippen molar-refractivity contribution in [3.8, 4) is 23.0 Å². The van der Waals surface area contributed by atoms with E-state index in [1.807, 2.05) is 30.3 Å². The van der Waals surface area contributed by atoms with Crippen molar-refractivity contribution in [2.24, 2.45) is 0 Å². The Balaban J connectivity index is 1.74. The molecule has 0 radical (unpaired) electrons. The van der Waals surface area contributed by atoms with Gasteiger partial charge >= 0.3 is 0 Å². The van der Waals surface area contributed by atoms with Gasteiger partial charge in [0.1, 0.15) is 41.8 Å². The summed E-state index contributed by atoms with van der Waals surface area (Å²) in [5.41, 5.74) is 0.870. The molecule has 33 heavy (non-hydrogen) atoms. The molecule has 0 bridgehead atoms. The number of rotatable bonds is 6. The van der Waals surface area contributed by atoms with Gasteiger partial charge in [0.2, 0.25) is 12.0 Å². The lowest BCUT2D eigenvalue weighted by Crippen LogP contribution is -2.60. The molecule has 0 aromatic heterocycles. The van der Waals surface area contributed by atoms with Crippen LogP contribution in [0.3, 0.4) is 0 Å². The minimum atomic E-state index is -1.65. The molecule has 0 aliphatic carbocycles. The number of hydrogen-bond donors (Lipinski definition) is 4. The Kier molecular flexibility index (Phi) is 6.73. The van der Waals surface area contributed by atoms with Crippen LogP contribution in [0.1, 0.15) is 28.4 Å². The highest BCUT2D eigenvalue weighted by Gasteiger charge is 2.46. The fourth-order valence-corrected chi connectivity index (χ4v) is 4.01. The minimum absolute atomic E-state index is 0.0245. The Hall–Kier alpha value is -2.89. The Labute approximate surface area is 189 Å². The Morgan fingerprint density at radius 1 is 1.00 bits per heavy atom. The molecule has 1 saturated heterocycles. The molecule has 1 fully saturated rings. The smallest absolute Gasteiger partial charge is 0.229 e. The maximum Gasteiger partial charge on any atom is 0.229 e. The molecule has 0 saturated carbocycles. The first kappa shape index (κ1) is 23.3. The molecule has 0 unspecified atom stereocenters. The van der Waals surface area contributed by atoms with Crippen molar-refractivity contribution < 1.29 is 48.9 Å². The van der Waals surface area contributed by atoms with Gasteiger partial charge in [-0.2, -0.15) is 0 Å². The number of methoxy groups -OCH3 is 2. The number of aliphatic hydroxyl groups is 4. The fraction of sp³-hybridized carbons (Fsp3) is 0.435. The number of carbonyl (C=O) groups is 1. The zero-order valence-electron chi connectivity index (χ0n) is 18.1. The topological polar surface area (TPSA) is 144 Å². The van der Waals surface area contributed by atoms with Crippen LogP contribution in [-0.2, 0) is 4.74 Å². The maximum atomic E-state index is 13.2. The third kappa shape index (κ3) is 4.23. The molecule has 4 N–H and O–H groups in total. The molecule has 2 aromatic carbocycles. The van der Waals surface area contributed by atoms with Gasteiger partial charge in [0.15, 0.2) is 17.3 Å². The lowest BCUT2D eigenvalue weighted by molar-refractivity contribution is -0.277. The van der Waals surface area contributed by atoms with Crippen LogP contribution in [0, 0.1) is 0 Å². The molecule has 2 aliphatic heterocycles. The summed E-state index contributed by atoms with van der Waals surface area (Å²) in [6.07, 6.45) is -8.01. The average molecular weight is 462 g/mol. The first-order valence-electron chi connectivity index (χ1n) is 10.4. The van der Waals surface area contributed by atoms with Gasteiger partial charge in [-0.05, 0) is 5.56 Å². The first-order chi connectivity index (χ1) is 15.9. The summed E-state index contributed by atoms with van der Waals surface area (Å²) in [6.45, 7) is -0.615. The molecule has 10 heteroatoms. The van der Waals surface area contributed by atoms with Gasteiger partial charge in [-0.15, -0.1) is 0 Å². The normalized spacial score (nSPS) is 29.1. The molecule has 178 valence electrons. The van der Waals surface area contributed by atoms with E-state index in [1.54, 1.807) is 0 Å². The SMILES string of the molecule is COc1cc(O[C@@H]2O[C@H](CO)[C@@H](O)[C@H](O)[C@H]2O)c2c(c1OC)O[C@@H](c1ccccc1)CC2=O. The first-order valence-corrected chi connectivity index (χ1v) is 10.4. The van der Waals surface area contributed by atoms with Crippen molar-refractivity contribution in [3.63, 3.8) is 0 Å². The Bertz CT molecular complexity index is 992. The quantitative estimate of drug-likeness (QED) is 0.481. The summed E-state index contributed by atoms with van der Waals surface area (Å²) in [7, 11) is 2.82. The van der Waals surface area contributed by atoms with Crippen LogP contribution in [0.25, 0.3) is 0 Å². The lowest BCUT2D eigenvalue weighted by Gasteiger charge is -2.40. The molecule has 2 aromatic rings. The van der Waals surface area contributed by atoms with Crippen molar-refractivity contribution >= 4 is 5.78 Å². The van der Waals surface area contributed by atoms with Crippen LogP contribution in [-0.4, -0.2) is 77.7 Å². The number of hydrogen-bond acceptors (Lipinski definition) is 10. The molecule has 4 rings (SSSR count). The number of carbonyl (C=O) groups excluding carboxylic acids is 1. The fourth-order valence-electron chi connectivity index (χ4n) is 4.01. The Morgan fingerprint density at radius 2 is 1.73 bits per heavy atom. The second kappa shape index (κ2) is 9.54. The molecule has 2 heterocycles. The van der Waals surface area contributed by atoms with E-state index in [2.05, 4.69) is 0 Å². The third-order valence-corrected chi connectivity index (χ3v) is 5.76. The van der Waals surface area contributed by atoms with Gasteiger partial charge in [0.05, 0.1) is 27.2 Å². The van der Waals surface area contributed by atoms with E-state index in [-0.39, 0.29) is 40.8 Å². The van der Waals surface area contributed by atoms with Gasteiger partial charge in [0, 0.05) is 6.07 Å². The lowest BCUT2D eigenvalue weighted by atomic mass is 9.94. The van der Waals surface area contributed by atoms with E-state index >= 15 is 0 Å². The minimum Gasteiger partial charge on any atom is -0.493 e. The highest BCUT2D eigenvalue weighted by Crippen LogP contribution is 2.50. The van der Waals surface area contributed by atoms with Gasteiger partial charge in [-0.3, -0.25) is 4.79 Å².